The van der Waals surface area contributed by atoms with E-state index in [1.807, 2.05) is 39.2 Å². The summed E-state index contributed by atoms with van der Waals surface area (Å²) in [7, 11) is 0. The Bertz CT molecular complexity index is 539. The summed E-state index contributed by atoms with van der Waals surface area (Å²) in [6.07, 6.45) is 11.5. The molecule has 1 heterocycles. The molecule has 0 fully saturated rings. The van der Waals surface area contributed by atoms with Crippen molar-refractivity contribution in [2.45, 2.75) is 27.7 Å². The molecule has 0 bridgehead atoms. The maximum atomic E-state index is 6.75. The number of allylic oxidation sites excluding steroid dienone is 8. The Balaban J connectivity index is -0.000000321. The summed E-state index contributed by atoms with van der Waals surface area (Å²) in [4.78, 5) is 4.11. The molecule has 0 spiro atoms. The van der Waals surface area contributed by atoms with Crippen molar-refractivity contribution in [1.29, 1.82) is 5.41 Å². The predicted molar refractivity (Wildman–Crippen MR) is 115 cm³/mol. The molecule has 0 unspecified atom stereocenters. The second-order valence-electron chi connectivity index (χ2n) is 3.38. The van der Waals surface area contributed by atoms with Gasteiger partial charge in [0.25, 0.3) is 0 Å². The predicted octanol–water partition coefficient (Wildman–Crippen LogP) is 6.47. The second-order valence-corrected chi connectivity index (χ2v) is 4.27. The van der Waals surface area contributed by atoms with E-state index < -0.39 is 0 Å². The minimum atomic E-state index is 0.571. The molecular formula is C20H31N3S. The minimum Gasteiger partial charge on any atom is -0.375 e. The summed E-state index contributed by atoms with van der Waals surface area (Å²) >= 11 is 1.42. The van der Waals surface area contributed by atoms with Crippen molar-refractivity contribution in [2.75, 3.05) is 5.73 Å². The first kappa shape index (κ1) is 26.4. The van der Waals surface area contributed by atoms with Gasteiger partial charge >= 0.3 is 0 Å². The van der Waals surface area contributed by atoms with Crippen LogP contribution < -0.4 is 5.73 Å². The fraction of sp³-hybridized carbons (Fsp3) is 0.200. The molecule has 0 aliphatic rings. The third-order valence-electron chi connectivity index (χ3n) is 2.05. The monoisotopic (exact) mass is 345 g/mol. The highest BCUT2D eigenvalue weighted by Crippen LogP contribution is 2.19. The molecule has 0 aromatic carbocycles. The Morgan fingerprint density at radius 3 is 1.83 bits per heavy atom. The van der Waals surface area contributed by atoms with E-state index in [4.69, 9.17) is 11.1 Å². The van der Waals surface area contributed by atoms with Gasteiger partial charge in [-0.3, -0.25) is 0 Å². The van der Waals surface area contributed by atoms with Gasteiger partial charge in [-0.2, -0.15) is 0 Å². The van der Waals surface area contributed by atoms with Gasteiger partial charge in [0.05, 0.1) is 5.69 Å². The van der Waals surface area contributed by atoms with Crippen LogP contribution in [0.15, 0.2) is 73.7 Å². The molecule has 3 nitrogen and oxygen atoms in total. The largest absolute Gasteiger partial charge is 0.375 e. The van der Waals surface area contributed by atoms with Gasteiger partial charge in [-0.1, -0.05) is 90.5 Å². The Morgan fingerprint density at radius 2 is 1.58 bits per heavy atom. The van der Waals surface area contributed by atoms with Crippen molar-refractivity contribution in [1.82, 2.24) is 4.98 Å². The molecule has 3 N–H and O–H groups in total. The first-order chi connectivity index (χ1) is 11.6. The van der Waals surface area contributed by atoms with E-state index in [0.717, 1.165) is 16.8 Å². The zero-order valence-electron chi connectivity index (χ0n) is 15.4. The van der Waals surface area contributed by atoms with Crippen LogP contribution in [0, 0.1) is 5.41 Å². The number of thiazole rings is 1. The smallest absolute Gasteiger partial charge is 0.180 e. The average Bonchev–Trinajstić information content (AvgIpc) is 3.07. The Hall–Kier alpha value is -2.46. The Labute approximate surface area is 151 Å². The minimum absolute atomic E-state index is 0.571. The maximum Gasteiger partial charge on any atom is 0.180 e. The molecular weight excluding hydrogens is 314 g/mol. The maximum absolute atomic E-state index is 6.75. The lowest BCUT2D eigenvalue weighted by molar-refractivity contribution is 1.37. The summed E-state index contributed by atoms with van der Waals surface area (Å²) < 4.78 is 0. The third kappa shape index (κ3) is 13.2. The van der Waals surface area contributed by atoms with Crippen LogP contribution >= 0.6 is 11.3 Å². The van der Waals surface area contributed by atoms with Gasteiger partial charge in [0.15, 0.2) is 5.13 Å². The van der Waals surface area contributed by atoms with E-state index in [9.17, 15) is 0 Å². The molecule has 0 aliphatic heterocycles. The number of nitrogen functional groups attached to an aromatic ring is 1. The molecule has 1 aromatic heterocycles. The van der Waals surface area contributed by atoms with Crippen LogP contribution in [-0.4, -0.2) is 11.2 Å². The van der Waals surface area contributed by atoms with Crippen LogP contribution in [0.5, 0.6) is 0 Å². The number of rotatable bonds is 6. The van der Waals surface area contributed by atoms with E-state index in [1.54, 1.807) is 30.4 Å². The molecule has 4 heteroatoms. The highest BCUT2D eigenvalue weighted by atomic mass is 32.1. The molecule has 132 valence electrons. The number of nitrogens with one attached hydrogen (secondary N) is 1. The van der Waals surface area contributed by atoms with Crippen LogP contribution in [0.3, 0.4) is 0 Å². The number of nitrogens with two attached hydrogens (primary N) is 1. The second kappa shape index (κ2) is 20.5. The van der Waals surface area contributed by atoms with E-state index >= 15 is 0 Å². The first-order valence-corrected chi connectivity index (χ1v) is 8.63. The third-order valence-corrected chi connectivity index (χ3v) is 2.72. The van der Waals surface area contributed by atoms with E-state index in [0.29, 0.717) is 5.13 Å². The number of hydrogen-bond acceptors (Lipinski definition) is 4. The summed E-state index contributed by atoms with van der Waals surface area (Å²) in [5.41, 5.74) is 8.06. The molecule has 0 aliphatic carbocycles. The van der Waals surface area contributed by atoms with Crippen LogP contribution in [0.1, 0.15) is 33.4 Å². The lowest BCUT2D eigenvalue weighted by Crippen LogP contribution is -1.84. The molecule has 0 saturated carbocycles. The van der Waals surface area contributed by atoms with Gasteiger partial charge in [0.2, 0.25) is 0 Å². The molecule has 1 rings (SSSR count). The lowest BCUT2D eigenvalue weighted by Gasteiger charge is -1.92. The number of anilines is 1. The zero-order valence-corrected chi connectivity index (χ0v) is 16.2. The van der Waals surface area contributed by atoms with Crippen LogP contribution in [-0.2, 0) is 0 Å². The van der Waals surface area contributed by atoms with Gasteiger partial charge < -0.3 is 11.1 Å². The summed E-state index contributed by atoms with van der Waals surface area (Å²) in [5, 5.41) is 9.22. The van der Waals surface area contributed by atoms with Crippen molar-refractivity contribution >= 4 is 28.3 Å². The first-order valence-electron chi connectivity index (χ1n) is 7.75. The summed E-state index contributed by atoms with van der Waals surface area (Å²) in [6, 6.07) is 0. The highest BCUT2D eigenvalue weighted by Gasteiger charge is 2.00. The topological polar surface area (TPSA) is 62.8 Å². The van der Waals surface area contributed by atoms with Gasteiger partial charge in [0.1, 0.15) is 0 Å². The molecule has 24 heavy (non-hydrogen) atoms. The quantitative estimate of drug-likeness (QED) is 0.458. The number of hydrogen-bond donors (Lipinski definition) is 2. The zero-order chi connectivity index (χ0) is 19.4. The van der Waals surface area contributed by atoms with Crippen molar-refractivity contribution in [3.63, 3.8) is 0 Å². The van der Waals surface area contributed by atoms with Crippen molar-refractivity contribution in [2.24, 2.45) is 0 Å². The standard InChI is InChI=1S/C9H10N2S.C7H9N.2C2H6/c1-3-5-7(4-2)8-6-12-9(10)11-8;1-3-5-7(4-2)6-8;2*1-2/h3-6H,1-2H2,(H2,10,11);3-6,8H,1-2H2;2*1-2H3/b7-5+;7-5+,8-6?;;. The van der Waals surface area contributed by atoms with Gasteiger partial charge in [-0.15, -0.1) is 11.3 Å². The van der Waals surface area contributed by atoms with Crippen LogP contribution in [0.4, 0.5) is 5.13 Å². The van der Waals surface area contributed by atoms with Gasteiger partial charge in [0, 0.05) is 17.2 Å². The van der Waals surface area contributed by atoms with Gasteiger partial charge in [-0.25, -0.2) is 4.98 Å². The molecule has 0 atom stereocenters. The van der Waals surface area contributed by atoms with E-state index in [-0.39, 0.29) is 0 Å². The summed E-state index contributed by atoms with van der Waals surface area (Å²) in [5.74, 6) is 0. The van der Waals surface area contributed by atoms with Crippen LogP contribution in [0.2, 0.25) is 0 Å². The van der Waals surface area contributed by atoms with Crippen molar-refractivity contribution < 1.29 is 0 Å². The fourth-order valence-electron chi connectivity index (χ4n) is 1.12. The van der Waals surface area contributed by atoms with Gasteiger partial charge in [-0.05, 0) is 5.57 Å². The average molecular weight is 346 g/mol. The molecule has 0 amide bonds. The summed E-state index contributed by atoms with van der Waals surface area (Å²) in [6.45, 7) is 22.2. The van der Waals surface area contributed by atoms with Crippen molar-refractivity contribution in [3.05, 3.63) is 79.4 Å². The normalized spacial score (nSPS) is 9.50. The Kier molecular flexibility index (Phi) is 22.6. The number of nitrogens with zero attached hydrogens (tertiary/aromatic N) is 1. The number of aromatic nitrogens is 1. The SMILES string of the molecule is C=C/C=C(\C=C)C=N.C=C/C=C(\C=C)c1csc(N)n1.CC.CC. The molecule has 1 aromatic rings. The molecule has 0 radical (unpaired) electrons. The van der Waals surface area contributed by atoms with Crippen LogP contribution in [0.25, 0.3) is 5.57 Å². The van der Waals surface area contributed by atoms with Crippen molar-refractivity contribution in [3.8, 4) is 0 Å². The highest BCUT2D eigenvalue weighted by molar-refractivity contribution is 7.13. The fourth-order valence-corrected chi connectivity index (χ4v) is 1.69. The Morgan fingerprint density at radius 1 is 1.04 bits per heavy atom. The van der Waals surface area contributed by atoms with E-state index in [2.05, 4.69) is 31.3 Å². The van der Waals surface area contributed by atoms with E-state index in [1.165, 1.54) is 17.6 Å². The lowest BCUT2D eigenvalue weighted by atomic mass is 10.2. The molecule has 0 saturated heterocycles.